The van der Waals surface area contributed by atoms with Crippen molar-refractivity contribution in [2.75, 3.05) is 23.4 Å². The van der Waals surface area contributed by atoms with Crippen molar-refractivity contribution in [3.8, 4) is 0 Å². The molecule has 3 aromatic rings. The van der Waals surface area contributed by atoms with Crippen LogP contribution in [0.25, 0.3) is 0 Å². The second-order valence-electron chi connectivity index (χ2n) is 7.26. The van der Waals surface area contributed by atoms with Crippen molar-refractivity contribution in [3.05, 3.63) is 78.0 Å². The molecule has 0 atom stereocenters. The normalized spacial score (nSPS) is 15.5. The van der Waals surface area contributed by atoms with Crippen molar-refractivity contribution in [3.63, 3.8) is 0 Å². The van der Waals surface area contributed by atoms with Crippen LogP contribution in [0.4, 0.5) is 17.2 Å². The number of fused-ring (bicyclic) bond motifs is 1. The van der Waals surface area contributed by atoms with E-state index in [0.29, 0.717) is 11.5 Å². The van der Waals surface area contributed by atoms with E-state index in [2.05, 4.69) is 10.3 Å². The number of rotatable bonds is 4. The molecule has 4 rings (SSSR count). The van der Waals surface area contributed by atoms with Crippen molar-refractivity contribution in [2.24, 2.45) is 0 Å². The SMILES string of the molecule is Cc1ccc(NC(=O)CN2CN(c3ccc(C)cc3)c3ncccc3S2(=O)=O)cc1. The highest BCUT2D eigenvalue weighted by atomic mass is 32.2. The predicted octanol–water partition coefficient (Wildman–Crippen LogP) is 3.44. The van der Waals surface area contributed by atoms with Crippen LogP contribution in [0.5, 0.6) is 0 Å². The van der Waals surface area contributed by atoms with Gasteiger partial charge in [-0.15, -0.1) is 0 Å². The van der Waals surface area contributed by atoms with Gasteiger partial charge in [-0.2, -0.15) is 4.31 Å². The van der Waals surface area contributed by atoms with Gasteiger partial charge in [-0.3, -0.25) is 4.79 Å². The number of anilines is 3. The topological polar surface area (TPSA) is 82.6 Å². The number of aromatic nitrogens is 1. The molecule has 1 N–H and O–H groups in total. The third kappa shape index (κ3) is 3.92. The number of carbonyl (C=O) groups excluding carboxylic acids is 1. The summed E-state index contributed by atoms with van der Waals surface area (Å²) < 4.78 is 27.5. The minimum Gasteiger partial charge on any atom is -0.325 e. The molecule has 0 radical (unpaired) electrons. The maximum Gasteiger partial charge on any atom is 0.248 e. The van der Waals surface area contributed by atoms with E-state index in [4.69, 9.17) is 0 Å². The van der Waals surface area contributed by atoms with Crippen LogP contribution in [0.2, 0.25) is 0 Å². The van der Waals surface area contributed by atoms with Crippen molar-refractivity contribution < 1.29 is 13.2 Å². The molecule has 1 aromatic heterocycles. The summed E-state index contributed by atoms with van der Waals surface area (Å²) in [5.41, 5.74) is 3.60. The zero-order valence-electron chi connectivity index (χ0n) is 16.7. The van der Waals surface area contributed by atoms with Gasteiger partial charge in [-0.25, -0.2) is 13.4 Å². The summed E-state index contributed by atoms with van der Waals surface area (Å²) in [5.74, 6) is -0.0461. The van der Waals surface area contributed by atoms with Crippen molar-refractivity contribution in [1.29, 1.82) is 0 Å². The fraction of sp³-hybridized carbons (Fsp3) is 0.182. The Hall–Kier alpha value is -3.23. The Morgan fingerprint density at radius 1 is 1.00 bits per heavy atom. The first-order chi connectivity index (χ1) is 14.3. The minimum absolute atomic E-state index is 0.00325. The maximum absolute atomic E-state index is 13.1. The van der Waals surface area contributed by atoms with E-state index in [1.54, 1.807) is 29.3 Å². The molecule has 30 heavy (non-hydrogen) atoms. The molecular formula is C22H22N4O3S. The summed E-state index contributed by atoms with van der Waals surface area (Å²) in [6.45, 7) is 3.64. The van der Waals surface area contributed by atoms with Crippen LogP contribution >= 0.6 is 0 Å². The first-order valence-corrected chi connectivity index (χ1v) is 10.9. The first kappa shape index (κ1) is 20.1. The van der Waals surface area contributed by atoms with Crippen LogP contribution in [-0.2, 0) is 14.8 Å². The van der Waals surface area contributed by atoms with Gasteiger partial charge in [0.15, 0.2) is 5.82 Å². The summed E-state index contributed by atoms with van der Waals surface area (Å²) in [7, 11) is -3.86. The lowest BCUT2D eigenvalue weighted by Crippen LogP contribution is -2.47. The minimum atomic E-state index is -3.86. The van der Waals surface area contributed by atoms with Gasteiger partial charge < -0.3 is 10.2 Å². The zero-order valence-corrected chi connectivity index (χ0v) is 17.6. The summed E-state index contributed by atoms with van der Waals surface area (Å²) in [4.78, 5) is 18.8. The summed E-state index contributed by atoms with van der Waals surface area (Å²) in [6, 6.07) is 18.2. The standard InChI is InChI=1S/C22H22N4O3S/c1-16-5-9-18(10-6-16)24-21(27)14-25-15-26(19-11-7-17(2)8-12-19)22-20(30(25,28)29)4-3-13-23-22/h3-13H,14-15H2,1-2H3,(H,24,27). The Balaban J connectivity index is 1.64. The largest absolute Gasteiger partial charge is 0.325 e. The second kappa shape index (κ2) is 7.89. The molecule has 0 bridgehead atoms. The van der Waals surface area contributed by atoms with Crippen molar-refractivity contribution >= 4 is 33.1 Å². The number of carbonyl (C=O) groups is 1. The molecule has 8 heteroatoms. The zero-order chi connectivity index (χ0) is 21.3. The maximum atomic E-state index is 13.1. The molecule has 0 saturated heterocycles. The monoisotopic (exact) mass is 422 g/mol. The summed E-state index contributed by atoms with van der Waals surface area (Å²) in [6.07, 6.45) is 1.56. The third-order valence-electron chi connectivity index (χ3n) is 4.92. The second-order valence-corrected chi connectivity index (χ2v) is 9.17. The molecule has 154 valence electrons. The van der Waals surface area contributed by atoms with Crippen LogP contribution < -0.4 is 10.2 Å². The average molecular weight is 423 g/mol. The molecule has 2 heterocycles. The Morgan fingerprint density at radius 2 is 1.63 bits per heavy atom. The van der Waals surface area contributed by atoms with Crippen LogP contribution in [0.3, 0.4) is 0 Å². The molecule has 0 fully saturated rings. The number of pyridine rings is 1. The van der Waals surface area contributed by atoms with Gasteiger partial charge in [0.2, 0.25) is 15.9 Å². The molecule has 0 spiro atoms. The molecule has 0 saturated carbocycles. The first-order valence-electron chi connectivity index (χ1n) is 9.50. The van der Waals surface area contributed by atoms with Gasteiger partial charge >= 0.3 is 0 Å². The van der Waals surface area contributed by atoms with Crippen LogP contribution in [0.15, 0.2) is 71.8 Å². The average Bonchev–Trinajstić information content (AvgIpc) is 2.73. The Labute approximate surface area is 176 Å². The number of nitrogens with zero attached hydrogens (tertiary/aromatic N) is 3. The molecule has 0 unspecified atom stereocenters. The molecular weight excluding hydrogens is 400 g/mol. The smallest absolute Gasteiger partial charge is 0.248 e. The van der Waals surface area contributed by atoms with Gasteiger partial charge in [0.25, 0.3) is 0 Å². The fourth-order valence-electron chi connectivity index (χ4n) is 3.29. The van der Waals surface area contributed by atoms with Gasteiger partial charge in [0.1, 0.15) is 4.90 Å². The van der Waals surface area contributed by atoms with E-state index in [9.17, 15) is 13.2 Å². The Morgan fingerprint density at radius 3 is 2.30 bits per heavy atom. The van der Waals surface area contributed by atoms with Crippen molar-refractivity contribution in [1.82, 2.24) is 9.29 Å². The lowest BCUT2D eigenvalue weighted by atomic mass is 10.2. The van der Waals surface area contributed by atoms with Gasteiger partial charge in [0.05, 0.1) is 13.2 Å². The number of aryl methyl sites for hydroxylation is 2. The Bertz CT molecular complexity index is 1180. The highest BCUT2D eigenvalue weighted by Crippen LogP contribution is 2.36. The molecule has 1 amide bonds. The van der Waals surface area contributed by atoms with Crippen LogP contribution in [-0.4, -0.2) is 36.8 Å². The number of hydrogen-bond acceptors (Lipinski definition) is 5. The van der Waals surface area contributed by atoms with E-state index in [1.807, 2.05) is 50.2 Å². The van der Waals surface area contributed by atoms with E-state index in [0.717, 1.165) is 16.8 Å². The molecule has 2 aromatic carbocycles. The quantitative estimate of drug-likeness (QED) is 0.697. The molecule has 1 aliphatic rings. The Kier molecular flexibility index (Phi) is 5.27. The predicted molar refractivity (Wildman–Crippen MR) is 116 cm³/mol. The van der Waals surface area contributed by atoms with E-state index < -0.39 is 15.9 Å². The number of hydrogen-bond donors (Lipinski definition) is 1. The van der Waals surface area contributed by atoms with E-state index in [-0.39, 0.29) is 18.1 Å². The highest BCUT2D eigenvalue weighted by molar-refractivity contribution is 7.89. The van der Waals surface area contributed by atoms with Gasteiger partial charge in [-0.1, -0.05) is 35.4 Å². The molecule has 0 aliphatic carbocycles. The van der Waals surface area contributed by atoms with Gasteiger partial charge in [0, 0.05) is 17.6 Å². The molecule has 1 aliphatic heterocycles. The number of amides is 1. The van der Waals surface area contributed by atoms with Crippen molar-refractivity contribution in [2.45, 2.75) is 18.7 Å². The third-order valence-corrected chi connectivity index (χ3v) is 6.72. The molecule has 7 nitrogen and oxygen atoms in total. The van der Waals surface area contributed by atoms with E-state index >= 15 is 0 Å². The van der Waals surface area contributed by atoms with Crippen LogP contribution in [0.1, 0.15) is 11.1 Å². The number of benzene rings is 2. The van der Waals surface area contributed by atoms with Gasteiger partial charge in [-0.05, 0) is 50.2 Å². The summed E-state index contributed by atoms with van der Waals surface area (Å²) in [5, 5.41) is 2.76. The number of sulfonamides is 1. The van der Waals surface area contributed by atoms with Crippen LogP contribution in [0, 0.1) is 13.8 Å². The lowest BCUT2D eigenvalue weighted by molar-refractivity contribution is -0.116. The number of nitrogens with one attached hydrogen (secondary N) is 1. The summed E-state index contributed by atoms with van der Waals surface area (Å²) >= 11 is 0. The van der Waals surface area contributed by atoms with E-state index in [1.165, 1.54) is 10.4 Å². The lowest BCUT2D eigenvalue weighted by Gasteiger charge is -2.36. The fourth-order valence-corrected chi connectivity index (χ4v) is 4.76. The highest BCUT2D eigenvalue weighted by Gasteiger charge is 2.37.